The molecule has 3 nitrogen and oxygen atoms in total. The number of benzene rings is 2. The van der Waals surface area contributed by atoms with Crippen LogP contribution in [0.1, 0.15) is 21.5 Å². The first-order chi connectivity index (χ1) is 10.1. The summed E-state index contributed by atoms with van der Waals surface area (Å²) in [6.45, 7) is 2.00. The fraction of sp³-hybridized carbons (Fsp3) is 0.0588. The Labute approximate surface area is 131 Å². The number of hydrogen-bond acceptors (Lipinski definition) is 3. The number of carbonyl (C=O) groups is 2. The summed E-state index contributed by atoms with van der Waals surface area (Å²) in [4.78, 5) is 22.7. The molecule has 0 fully saturated rings. The number of carbonyl (C=O) groups excluding carboxylic acids is 2. The van der Waals surface area contributed by atoms with Crippen LogP contribution in [0.4, 0.5) is 0 Å². The normalized spacial score (nSPS) is 10.6. The highest BCUT2D eigenvalue weighted by Crippen LogP contribution is 2.22. The zero-order valence-corrected chi connectivity index (χ0v) is 13.0. The van der Waals surface area contributed by atoms with E-state index >= 15 is 0 Å². The lowest BCUT2D eigenvalue weighted by molar-refractivity contribution is -0.128. The van der Waals surface area contributed by atoms with Crippen LogP contribution in [-0.2, 0) is 4.79 Å². The van der Waals surface area contributed by atoms with Crippen LogP contribution in [0.3, 0.4) is 0 Å². The molecule has 0 aliphatic carbocycles. The largest absolute Gasteiger partial charge is 0.423 e. The summed E-state index contributed by atoms with van der Waals surface area (Å²) in [6.07, 6.45) is 3.65. The van der Waals surface area contributed by atoms with E-state index < -0.39 is 5.97 Å². The van der Waals surface area contributed by atoms with Crippen molar-refractivity contribution in [3.05, 3.63) is 69.7 Å². The first kappa shape index (κ1) is 15.2. The number of ether oxygens (including phenoxy) is 1. The molecule has 2 aromatic rings. The van der Waals surface area contributed by atoms with Gasteiger partial charge in [-0.05, 0) is 36.8 Å². The topological polar surface area (TPSA) is 43.4 Å². The van der Waals surface area contributed by atoms with Crippen molar-refractivity contribution >= 4 is 34.3 Å². The van der Waals surface area contributed by atoms with Crippen molar-refractivity contribution in [3.63, 3.8) is 0 Å². The minimum Gasteiger partial charge on any atom is -0.423 e. The molecule has 0 aliphatic heterocycles. The molecular formula is C17H13BrO3. The van der Waals surface area contributed by atoms with Crippen LogP contribution in [0.5, 0.6) is 5.75 Å². The molecule has 0 heterocycles. The van der Waals surface area contributed by atoms with E-state index in [9.17, 15) is 9.59 Å². The lowest BCUT2D eigenvalue weighted by atomic mass is 10.1. The molecule has 0 spiro atoms. The Morgan fingerprint density at radius 1 is 1.14 bits per heavy atom. The number of esters is 1. The monoisotopic (exact) mass is 344 g/mol. The molecule has 0 saturated carbocycles. The lowest BCUT2D eigenvalue weighted by Gasteiger charge is -2.04. The SMILES string of the molecule is Cc1ccc(/C=C/C(=O)Oc2ccc(Br)cc2C=O)cc1. The maximum absolute atomic E-state index is 11.8. The van der Waals surface area contributed by atoms with Crippen molar-refractivity contribution in [1.82, 2.24) is 0 Å². The molecule has 0 atom stereocenters. The highest BCUT2D eigenvalue weighted by atomic mass is 79.9. The molecule has 0 saturated heterocycles. The molecule has 21 heavy (non-hydrogen) atoms. The van der Waals surface area contributed by atoms with Crippen molar-refractivity contribution in [2.75, 3.05) is 0 Å². The summed E-state index contributed by atoms with van der Waals surface area (Å²) in [7, 11) is 0. The van der Waals surface area contributed by atoms with Crippen LogP contribution in [0, 0.1) is 6.92 Å². The second-order valence-corrected chi connectivity index (χ2v) is 5.38. The summed E-state index contributed by atoms with van der Waals surface area (Å²) >= 11 is 3.26. The maximum Gasteiger partial charge on any atom is 0.336 e. The zero-order valence-electron chi connectivity index (χ0n) is 11.4. The number of hydrogen-bond donors (Lipinski definition) is 0. The van der Waals surface area contributed by atoms with Gasteiger partial charge in [0, 0.05) is 10.5 Å². The van der Waals surface area contributed by atoms with Gasteiger partial charge < -0.3 is 4.74 Å². The second-order valence-electron chi connectivity index (χ2n) is 4.47. The Kier molecular flexibility index (Phi) is 5.06. The van der Waals surface area contributed by atoms with Gasteiger partial charge in [0.15, 0.2) is 6.29 Å². The standard InChI is InChI=1S/C17H13BrO3/c1-12-2-4-13(5-3-12)6-9-17(20)21-16-8-7-15(18)10-14(16)11-19/h2-11H,1H3/b9-6+. The van der Waals surface area contributed by atoms with Crippen LogP contribution in [-0.4, -0.2) is 12.3 Å². The Bertz CT molecular complexity index is 688. The third-order valence-electron chi connectivity index (χ3n) is 2.80. The Morgan fingerprint density at radius 3 is 2.52 bits per heavy atom. The van der Waals surface area contributed by atoms with Gasteiger partial charge in [0.05, 0.1) is 5.56 Å². The summed E-state index contributed by atoms with van der Waals surface area (Å²) < 4.78 is 5.91. The molecule has 2 aromatic carbocycles. The average molecular weight is 345 g/mol. The van der Waals surface area contributed by atoms with E-state index in [4.69, 9.17) is 4.74 Å². The van der Waals surface area contributed by atoms with Crippen molar-refractivity contribution in [2.45, 2.75) is 6.92 Å². The highest BCUT2D eigenvalue weighted by Gasteiger charge is 2.07. The lowest BCUT2D eigenvalue weighted by Crippen LogP contribution is -2.05. The van der Waals surface area contributed by atoms with E-state index in [0.717, 1.165) is 15.6 Å². The van der Waals surface area contributed by atoms with Crippen molar-refractivity contribution in [1.29, 1.82) is 0 Å². The smallest absolute Gasteiger partial charge is 0.336 e. The van der Waals surface area contributed by atoms with E-state index in [1.807, 2.05) is 31.2 Å². The van der Waals surface area contributed by atoms with Crippen LogP contribution < -0.4 is 4.74 Å². The fourth-order valence-corrected chi connectivity index (χ4v) is 2.07. The molecule has 106 valence electrons. The first-order valence-electron chi connectivity index (χ1n) is 6.30. The minimum absolute atomic E-state index is 0.242. The third kappa shape index (κ3) is 4.39. The van der Waals surface area contributed by atoms with Crippen LogP contribution in [0.2, 0.25) is 0 Å². The number of rotatable bonds is 4. The van der Waals surface area contributed by atoms with E-state index in [1.165, 1.54) is 6.08 Å². The highest BCUT2D eigenvalue weighted by molar-refractivity contribution is 9.10. The van der Waals surface area contributed by atoms with Gasteiger partial charge in [-0.25, -0.2) is 4.79 Å². The predicted octanol–water partition coefficient (Wildman–Crippen LogP) is 4.19. The molecule has 0 aliphatic rings. The van der Waals surface area contributed by atoms with Crippen molar-refractivity contribution < 1.29 is 14.3 Å². The Balaban J connectivity index is 2.08. The van der Waals surface area contributed by atoms with Gasteiger partial charge in [0.25, 0.3) is 0 Å². The Hall–Kier alpha value is -2.20. The first-order valence-corrected chi connectivity index (χ1v) is 7.09. The number of aldehydes is 1. The zero-order chi connectivity index (χ0) is 15.2. The summed E-state index contributed by atoms with van der Waals surface area (Å²) in [5.41, 5.74) is 2.38. The molecule has 0 N–H and O–H groups in total. The minimum atomic E-state index is -0.527. The molecule has 0 radical (unpaired) electrons. The van der Waals surface area contributed by atoms with Gasteiger partial charge in [-0.2, -0.15) is 0 Å². The van der Waals surface area contributed by atoms with E-state index in [2.05, 4.69) is 15.9 Å². The van der Waals surface area contributed by atoms with Crippen molar-refractivity contribution in [3.8, 4) is 5.75 Å². The van der Waals surface area contributed by atoms with Crippen LogP contribution in [0.15, 0.2) is 53.0 Å². The summed E-state index contributed by atoms with van der Waals surface area (Å²) in [6, 6.07) is 12.6. The van der Waals surface area contributed by atoms with Gasteiger partial charge in [0.1, 0.15) is 5.75 Å². The summed E-state index contributed by atoms with van der Waals surface area (Å²) in [5.74, 6) is -0.284. The van der Waals surface area contributed by atoms with Crippen molar-refractivity contribution in [2.24, 2.45) is 0 Å². The molecule has 0 unspecified atom stereocenters. The molecule has 4 heteroatoms. The van der Waals surface area contributed by atoms with Gasteiger partial charge in [-0.1, -0.05) is 45.8 Å². The van der Waals surface area contributed by atoms with E-state index in [1.54, 1.807) is 24.3 Å². The Morgan fingerprint density at radius 2 is 1.86 bits per heavy atom. The number of aryl methyl sites for hydroxylation is 1. The quantitative estimate of drug-likeness (QED) is 0.361. The molecule has 0 amide bonds. The van der Waals surface area contributed by atoms with Gasteiger partial charge in [-0.15, -0.1) is 0 Å². The number of halogens is 1. The van der Waals surface area contributed by atoms with E-state index in [0.29, 0.717) is 11.8 Å². The fourth-order valence-electron chi connectivity index (χ4n) is 1.69. The molecule has 0 aromatic heterocycles. The maximum atomic E-state index is 11.8. The second kappa shape index (κ2) is 6.99. The van der Waals surface area contributed by atoms with Gasteiger partial charge >= 0.3 is 5.97 Å². The molecule has 0 bridgehead atoms. The summed E-state index contributed by atoms with van der Waals surface area (Å²) in [5, 5.41) is 0. The van der Waals surface area contributed by atoms with Crippen LogP contribution >= 0.6 is 15.9 Å². The molecular weight excluding hydrogens is 332 g/mol. The van der Waals surface area contributed by atoms with E-state index in [-0.39, 0.29) is 5.75 Å². The predicted molar refractivity (Wildman–Crippen MR) is 85.4 cm³/mol. The third-order valence-corrected chi connectivity index (χ3v) is 3.29. The average Bonchev–Trinajstić information content (AvgIpc) is 2.48. The van der Waals surface area contributed by atoms with Gasteiger partial charge in [-0.3, -0.25) is 4.79 Å². The molecule has 2 rings (SSSR count). The van der Waals surface area contributed by atoms with Gasteiger partial charge in [0.2, 0.25) is 0 Å². The van der Waals surface area contributed by atoms with Crippen LogP contribution in [0.25, 0.3) is 6.08 Å².